The van der Waals surface area contributed by atoms with Gasteiger partial charge in [0.25, 0.3) is 0 Å². The smallest absolute Gasteiger partial charge is 0.137 e. The van der Waals surface area contributed by atoms with E-state index in [1.807, 2.05) is 28.8 Å². The predicted octanol–water partition coefficient (Wildman–Crippen LogP) is 4.05. The lowest BCUT2D eigenvalue weighted by atomic mass is 10.1. The zero-order valence-corrected chi connectivity index (χ0v) is 10.9. The molecule has 2 aromatic heterocycles. The molecule has 0 saturated heterocycles. The summed E-state index contributed by atoms with van der Waals surface area (Å²) < 4.78 is 2.04. The van der Waals surface area contributed by atoms with Crippen molar-refractivity contribution in [3.05, 3.63) is 59.9 Å². The first-order valence-electron chi connectivity index (χ1n) is 5.88. The summed E-state index contributed by atoms with van der Waals surface area (Å²) in [4.78, 5) is 4.66. The quantitative estimate of drug-likeness (QED) is 0.633. The van der Waals surface area contributed by atoms with E-state index in [9.17, 15) is 0 Å². The zero-order valence-electron chi connectivity index (χ0n) is 10.1. The summed E-state index contributed by atoms with van der Waals surface area (Å²) in [6.45, 7) is 2.08. The Labute approximate surface area is 111 Å². The summed E-state index contributed by atoms with van der Waals surface area (Å²) in [6.07, 6.45) is 2.00. The van der Waals surface area contributed by atoms with Gasteiger partial charge in [-0.1, -0.05) is 35.9 Å². The van der Waals surface area contributed by atoms with Crippen LogP contribution in [0.2, 0.25) is 0 Å². The highest BCUT2D eigenvalue weighted by Crippen LogP contribution is 2.25. The van der Waals surface area contributed by atoms with Crippen molar-refractivity contribution in [2.45, 2.75) is 12.8 Å². The summed E-state index contributed by atoms with van der Waals surface area (Å²) in [5.41, 5.74) is 5.30. The number of rotatable bonds is 2. The average molecular weight is 257 g/mol. The van der Waals surface area contributed by atoms with Gasteiger partial charge in [-0.15, -0.1) is 11.6 Å². The van der Waals surface area contributed by atoms with Gasteiger partial charge in [0.15, 0.2) is 0 Å². The van der Waals surface area contributed by atoms with Gasteiger partial charge in [-0.25, -0.2) is 4.98 Å². The van der Waals surface area contributed by atoms with Crippen LogP contribution in [0.5, 0.6) is 0 Å². The third-order valence-corrected chi connectivity index (χ3v) is 3.33. The number of aromatic nitrogens is 2. The summed E-state index contributed by atoms with van der Waals surface area (Å²) in [5, 5.41) is 0. The Kier molecular flexibility index (Phi) is 2.80. The minimum Gasteiger partial charge on any atom is -0.302 e. The molecule has 0 bridgehead atoms. The maximum Gasteiger partial charge on any atom is 0.137 e. The van der Waals surface area contributed by atoms with Gasteiger partial charge in [0.1, 0.15) is 5.65 Å². The van der Waals surface area contributed by atoms with E-state index in [2.05, 4.69) is 36.2 Å². The summed E-state index contributed by atoms with van der Waals surface area (Å²) in [5.74, 6) is 0.453. The molecule has 0 unspecified atom stereocenters. The number of halogens is 1. The van der Waals surface area contributed by atoms with Crippen LogP contribution in [0.15, 0.2) is 48.7 Å². The Bertz CT molecular complexity index is 683. The molecule has 18 heavy (non-hydrogen) atoms. The highest BCUT2D eigenvalue weighted by atomic mass is 35.5. The molecule has 0 aliphatic heterocycles. The minimum absolute atomic E-state index is 0.453. The van der Waals surface area contributed by atoms with Crippen LogP contribution in [0.1, 0.15) is 11.3 Å². The van der Waals surface area contributed by atoms with Crippen molar-refractivity contribution >= 4 is 17.2 Å². The lowest BCUT2D eigenvalue weighted by Gasteiger charge is -2.01. The average Bonchev–Trinajstić information content (AvgIpc) is 2.78. The second-order valence-corrected chi connectivity index (χ2v) is 4.60. The molecule has 0 saturated carbocycles. The van der Waals surface area contributed by atoms with Gasteiger partial charge in [-0.3, -0.25) is 0 Å². The van der Waals surface area contributed by atoms with Crippen LogP contribution in [0.4, 0.5) is 0 Å². The molecule has 0 amide bonds. The van der Waals surface area contributed by atoms with Crippen LogP contribution in [0.3, 0.4) is 0 Å². The van der Waals surface area contributed by atoms with Crippen LogP contribution < -0.4 is 0 Å². The van der Waals surface area contributed by atoms with E-state index in [1.165, 1.54) is 5.56 Å². The molecule has 0 atom stereocenters. The highest BCUT2D eigenvalue weighted by Gasteiger charge is 2.12. The van der Waals surface area contributed by atoms with Gasteiger partial charge in [0, 0.05) is 11.8 Å². The number of imidazole rings is 1. The number of fused-ring (bicyclic) bond motifs is 1. The van der Waals surface area contributed by atoms with E-state index >= 15 is 0 Å². The number of benzene rings is 1. The van der Waals surface area contributed by atoms with Crippen LogP contribution >= 0.6 is 11.6 Å². The number of hydrogen-bond acceptors (Lipinski definition) is 1. The van der Waals surface area contributed by atoms with Crippen LogP contribution in [0, 0.1) is 6.92 Å². The van der Waals surface area contributed by atoms with E-state index in [1.54, 1.807) is 0 Å². The second-order valence-electron chi connectivity index (χ2n) is 4.34. The Morgan fingerprint density at radius 1 is 1.11 bits per heavy atom. The van der Waals surface area contributed by atoms with Crippen molar-refractivity contribution < 1.29 is 0 Å². The van der Waals surface area contributed by atoms with Crippen molar-refractivity contribution in [2.75, 3.05) is 0 Å². The lowest BCUT2D eigenvalue weighted by molar-refractivity contribution is 1.09. The van der Waals surface area contributed by atoms with Crippen molar-refractivity contribution in [2.24, 2.45) is 0 Å². The monoisotopic (exact) mass is 256 g/mol. The van der Waals surface area contributed by atoms with E-state index in [0.29, 0.717) is 5.88 Å². The molecule has 3 heteroatoms. The van der Waals surface area contributed by atoms with Crippen molar-refractivity contribution in [1.82, 2.24) is 9.38 Å². The molecule has 2 heterocycles. The minimum atomic E-state index is 0.453. The standard InChI is InChI=1S/C15H13ClN2/c1-11-5-7-12(8-6-11)15-13(10-16)18-9-3-2-4-14(18)17-15/h2-9H,10H2,1H3. The first kappa shape index (κ1) is 11.3. The molecule has 0 N–H and O–H groups in total. The lowest BCUT2D eigenvalue weighted by Crippen LogP contribution is -1.90. The van der Waals surface area contributed by atoms with Gasteiger partial charge >= 0.3 is 0 Å². The number of pyridine rings is 1. The second kappa shape index (κ2) is 4.46. The van der Waals surface area contributed by atoms with E-state index in [0.717, 1.165) is 22.6 Å². The Morgan fingerprint density at radius 3 is 2.61 bits per heavy atom. The number of nitrogens with zero attached hydrogens (tertiary/aromatic N) is 2. The first-order chi connectivity index (χ1) is 8.79. The molecule has 90 valence electrons. The molecule has 3 rings (SSSR count). The molecule has 0 spiro atoms. The van der Waals surface area contributed by atoms with E-state index in [-0.39, 0.29) is 0 Å². The fourth-order valence-corrected chi connectivity index (χ4v) is 2.37. The number of alkyl halides is 1. The van der Waals surface area contributed by atoms with Crippen molar-refractivity contribution in [3.63, 3.8) is 0 Å². The molecule has 0 aliphatic carbocycles. The van der Waals surface area contributed by atoms with E-state index < -0.39 is 0 Å². The molecule has 1 aromatic carbocycles. The van der Waals surface area contributed by atoms with Crippen LogP contribution in [-0.2, 0) is 5.88 Å². The fourth-order valence-electron chi connectivity index (χ4n) is 2.12. The number of aryl methyl sites for hydroxylation is 1. The van der Waals surface area contributed by atoms with Crippen LogP contribution in [0.25, 0.3) is 16.9 Å². The van der Waals surface area contributed by atoms with Crippen molar-refractivity contribution in [3.8, 4) is 11.3 Å². The van der Waals surface area contributed by atoms with Gasteiger partial charge < -0.3 is 4.40 Å². The predicted molar refractivity (Wildman–Crippen MR) is 74.9 cm³/mol. The molecule has 2 nitrogen and oxygen atoms in total. The summed E-state index contributed by atoms with van der Waals surface area (Å²) >= 11 is 6.07. The SMILES string of the molecule is Cc1ccc(-c2nc3ccccn3c2CCl)cc1. The topological polar surface area (TPSA) is 17.3 Å². The van der Waals surface area contributed by atoms with Crippen molar-refractivity contribution in [1.29, 1.82) is 0 Å². The van der Waals surface area contributed by atoms with Gasteiger partial charge in [-0.2, -0.15) is 0 Å². The zero-order chi connectivity index (χ0) is 12.5. The first-order valence-corrected chi connectivity index (χ1v) is 6.42. The Hall–Kier alpha value is -1.80. The summed E-state index contributed by atoms with van der Waals surface area (Å²) in [6, 6.07) is 14.3. The molecule has 0 fully saturated rings. The van der Waals surface area contributed by atoms with E-state index in [4.69, 9.17) is 11.6 Å². The van der Waals surface area contributed by atoms with Gasteiger partial charge in [0.2, 0.25) is 0 Å². The largest absolute Gasteiger partial charge is 0.302 e. The molecule has 3 aromatic rings. The normalized spacial score (nSPS) is 11.0. The summed E-state index contributed by atoms with van der Waals surface area (Å²) in [7, 11) is 0. The van der Waals surface area contributed by atoms with Gasteiger partial charge in [0.05, 0.1) is 17.3 Å². The molecule has 0 aliphatic rings. The third kappa shape index (κ3) is 1.79. The molecular weight excluding hydrogens is 244 g/mol. The number of hydrogen-bond donors (Lipinski definition) is 0. The molecular formula is C15H13ClN2. The van der Waals surface area contributed by atoms with Gasteiger partial charge in [-0.05, 0) is 19.1 Å². The maximum absolute atomic E-state index is 6.07. The Balaban J connectivity index is 2.25. The fraction of sp³-hybridized carbons (Fsp3) is 0.133. The highest BCUT2D eigenvalue weighted by molar-refractivity contribution is 6.17. The maximum atomic E-state index is 6.07. The Morgan fingerprint density at radius 2 is 1.89 bits per heavy atom. The van der Waals surface area contributed by atoms with Crippen LogP contribution in [-0.4, -0.2) is 9.38 Å². The third-order valence-electron chi connectivity index (χ3n) is 3.08. The molecule has 0 radical (unpaired) electrons.